The minimum Gasteiger partial charge on any atom is -0.271 e. The largest absolute Gasteiger partial charge is 0.271 e. The molecule has 1 atom stereocenters. The van der Waals surface area contributed by atoms with Crippen molar-refractivity contribution in [2.24, 2.45) is 11.8 Å². The van der Waals surface area contributed by atoms with Gasteiger partial charge >= 0.3 is 0 Å². The Balaban J connectivity index is 2.16. The predicted molar refractivity (Wildman–Crippen MR) is 75.4 cm³/mol. The van der Waals surface area contributed by atoms with E-state index in [4.69, 9.17) is 5.84 Å². The number of hydrazine groups is 1. The second-order valence-corrected chi connectivity index (χ2v) is 5.20. The molecule has 0 saturated heterocycles. The van der Waals surface area contributed by atoms with Crippen molar-refractivity contribution in [3.63, 3.8) is 0 Å². The lowest BCUT2D eigenvalue weighted by Gasteiger charge is -2.16. The third kappa shape index (κ3) is 3.58. The fourth-order valence-electron chi connectivity index (χ4n) is 2.04. The Hall–Kier alpha value is -1.86. The van der Waals surface area contributed by atoms with Gasteiger partial charge in [-0.3, -0.25) is 11.3 Å². The summed E-state index contributed by atoms with van der Waals surface area (Å²) in [5.41, 5.74) is 3.65. The molecule has 0 spiro atoms. The molecule has 20 heavy (non-hydrogen) atoms. The van der Waals surface area contributed by atoms with Crippen molar-refractivity contribution in [2.45, 2.75) is 39.8 Å². The minimum atomic E-state index is -0.105. The Bertz CT molecular complexity index is 549. The second-order valence-electron chi connectivity index (χ2n) is 5.20. The molecule has 2 rings (SSSR count). The summed E-state index contributed by atoms with van der Waals surface area (Å²) in [5, 5.41) is 4.26. The highest BCUT2D eigenvalue weighted by molar-refractivity contribution is 5.09. The van der Waals surface area contributed by atoms with Crippen molar-refractivity contribution in [3.05, 3.63) is 35.9 Å². The molecular weight excluding hydrogens is 254 g/mol. The topological polar surface area (TPSA) is 94.5 Å². The zero-order valence-corrected chi connectivity index (χ0v) is 12.1. The second kappa shape index (κ2) is 6.53. The Morgan fingerprint density at radius 3 is 2.80 bits per heavy atom. The van der Waals surface area contributed by atoms with Crippen LogP contribution in [0.15, 0.2) is 18.6 Å². The quantitative estimate of drug-likeness (QED) is 0.597. The van der Waals surface area contributed by atoms with Crippen LogP contribution in [0.2, 0.25) is 0 Å². The number of hydrogen-bond acceptors (Lipinski definition) is 6. The van der Waals surface area contributed by atoms with Crippen LogP contribution >= 0.6 is 0 Å². The molecular formula is C13H21N7. The van der Waals surface area contributed by atoms with Crippen molar-refractivity contribution in [2.75, 3.05) is 0 Å². The summed E-state index contributed by atoms with van der Waals surface area (Å²) in [6.07, 6.45) is 3.96. The molecule has 7 heteroatoms. The van der Waals surface area contributed by atoms with Crippen LogP contribution in [0, 0.1) is 12.8 Å². The molecule has 0 aliphatic rings. The Labute approximate surface area is 118 Å². The van der Waals surface area contributed by atoms with Crippen molar-refractivity contribution in [3.8, 4) is 0 Å². The first-order valence-corrected chi connectivity index (χ1v) is 6.72. The van der Waals surface area contributed by atoms with Crippen LogP contribution in [-0.2, 0) is 13.0 Å². The molecule has 0 amide bonds. The van der Waals surface area contributed by atoms with Crippen molar-refractivity contribution in [1.82, 2.24) is 30.2 Å². The molecule has 0 aliphatic heterocycles. The van der Waals surface area contributed by atoms with Gasteiger partial charge in [0, 0.05) is 19.2 Å². The van der Waals surface area contributed by atoms with Gasteiger partial charge in [0.2, 0.25) is 0 Å². The van der Waals surface area contributed by atoms with Gasteiger partial charge in [-0.2, -0.15) is 5.10 Å². The Morgan fingerprint density at radius 1 is 1.35 bits per heavy atom. The van der Waals surface area contributed by atoms with Gasteiger partial charge in [-0.1, -0.05) is 13.8 Å². The molecule has 0 saturated carbocycles. The van der Waals surface area contributed by atoms with E-state index in [1.165, 1.54) is 0 Å². The van der Waals surface area contributed by atoms with Gasteiger partial charge in [-0.15, -0.1) is 0 Å². The molecule has 108 valence electrons. The molecule has 2 aromatic rings. The van der Waals surface area contributed by atoms with Crippen LogP contribution in [0.25, 0.3) is 0 Å². The average molecular weight is 275 g/mol. The monoisotopic (exact) mass is 275 g/mol. The van der Waals surface area contributed by atoms with E-state index in [1.807, 2.05) is 17.7 Å². The number of nitrogens with two attached hydrogens (primary N) is 1. The normalized spacial score (nSPS) is 12.8. The standard InChI is InChI=1S/C13H21N7/c1-9(2)7-20-13(16-8-17-20)6-12(19-14)11-4-5-15-10(3)18-11/h4-5,8-9,12,19H,6-7,14H2,1-3H3. The van der Waals surface area contributed by atoms with Gasteiger partial charge in [0.15, 0.2) is 0 Å². The van der Waals surface area contributed by atoms with Gasteiger partial charge in [0.25, 0.3) is 0 Å². The molecule has 2 heterocycles. The number of aryl methyl sites for hydroxylation is 1. The highest BCUT2D eigenvalue weighted by Crippen LogP contribution is 2.14. The van der Waals surface area contributed by atoms with Crippen LogP contribution in [0.4, 0.5) is 0 Å². The molecule has 2 aromatic heterocycles. The van der Waals surface area contributed by atoms with E-state index in [2.05, 4.69) is 39.3 Å². The van der Waals surface area contributed by atoms with Crippen molar-refractivity contribution < 1.29 is 0 Å². The van der Waals surface area contributed by atoms with Crippen LogP contribution in [0.1, 0.15) is 37.2 Å². The molecule has 3 N–H and O–H groups in total. The fourth-order valence-corrected chi connectivity index (χ4v) is 2.04. The lowest BCUT2D eigenvalue weighted by molar-refractivity contribution is 0.443. The predicted octanol–water partition coefficient (Wildman–Crippen LogP) is 0.780. The molecule has 0 aliphatic carbocycles. The molecule has 0 bridgehead atoms. The summed E-state index contributed by atoms with van der Waals surface area (Å²) in [4.78, 5) is 12.8. The van der Waals surface area contributed by atoms with E-state index in [0.717, 1.165) is 23.9 Å². The summed E-state index contributed by atoms with van der Waals surface area (Å²) in [5.74, 6) is 7.80. The van der Waals surface area contributed by atoms with E-state index in [9.17, 15) is 0 Å². The van der Waals surface area contributed by atoms with Crippen molar-refractivity contribution in [1.29, 1.82) is 0 Å². The van der Waals surface area contributed by atoms with Crippen LogP contribution in [-0.4, -0.2) is 24.7 Å². The summed E-state index contributed by atoms with van der Waals surface area (Å²) >= 11 is 0. The van der Waals surface area contributed by atoms with Gasteiger partial charge in [0.1, 0.15) is 18.0 Å². The maximum Gasteiger partial charge on any atom is 0.138 e. The highest BCUT2D eigenvalue weighted by atomic mass is 15.3. The average Bonchev–Trinajstić information content (AvgIpc) is 2.82. The number of nitrogens with one attached hydrogen (secondary N) is 1. The number of aromatic nitrogens is 5. The SMILES string of the molecule is Cc1nccc(C(Cc2ncnn2CC(C)C)NN)n1. The third-order valence-corrected chi connectivity index (χ3v) is 2.98. The molecule has 7 nitrogen and oxygen atoms in total. The Morgan fingerprint density at radius 2 is 2.15 bits per heavy atom. The zero-order valence-electron chi connectivity index (χ0n) is 12.1. The summed E-state index contributed by atoms with van der Waals surface area (Å²) in [6.45, 7) is 7.00. The van der Waals surface area contributed by atoms with Gasteiger partial charge in [-0.25, -0.2) is 19.6 Å². The minimum absolute atomic E-state index is 0.105. The third-order valence-electron chi connectivity index (χ3n) is 2.98. The van der Waals surface area contributed by atoms with Gasteiger partial charge in [-0.05, 0) is 18.9 Å². The summed E-state index contributed by atoms with van der Waals surface area (Å²) < 4.78 is 1.92. The number of rotatable bonds is 6. The van der Waals surface area contributed by atoms with E-state index >= 15 is 0 Å². The molecule has 0 fully saturated rings. The van der Waals surface area contributed by atoms with Gasteiger partial charge < -0.3 is 0 Å². The summed E-state index contributed by atoms with van der Waals surface area (Å²) in [6, 6.07) is 1.76. The van der Waals surface area contributed by atoms with E-state index in [0.29, 0.717) is 12.3 Å². The van der Waals surface area contributed by atoms with Crippen LogP contribution in [0.3, 0.4) is 0 Å². The lowest BCUT2D eigenvalue weighted by Crippen LogP contribution is -2.31. The maximum absolute atomic E-state index is 5.65. The lowest BCUT2D eigenvalue weighted by atomic mass is 10.1. The molecule has 1 unspecified atom stereocenters. The number of hydrogen-bond donors (Lipinski definition) is 2. The smallest absolute Gasteiger partial charge is 0.138 e. The fraction of sp³-hybridized carbons (Fsp3) is 0.538. The van der Waals surface area contributed by atoms with E-state index < -0.39 is 0 Å². The van der Waals surface area contributed by atoms with Crippen molar-refractivity contribution >= 4 is 0 Å². The first-order chi connectivity index (χ1) is 9.60. The number of nitrogens with zero attached hydrogens (tertiary/aromatic N) is 5. The first kappa shape index (κ1) is 14.5. The molecule has 0 radical (unpaired) electrons. The highest BCUT2D eigenvalue weighted by Gasteiger charge is 2.16. The zero-order chi connectivity index (χ0) is 14.5. The van der Waals surface area contributed by atoms with Gasteiger partial charge in [0.05, 0.1) is 11.7 Å². The maximum atomic E-state index is 5.65. The Kier molecular flexibility index (Phi) is 4.75. The first-order valence-electron chi connectivity index (χ1n) is 6.72. The summed E-state index contributed by atoms with van der Waals surface area (Å²) in [7, 11) is 0. The van der Waals surface area contributed by atoms with E-state index in [-0.39, 0.29) is 6.04 Å². The van der Waals surface area contributed by atoms with Crippen LogP contribution in [0.5, 0.6) is 0 Å². The van der Waals surface area contributed by atoms with Crippen LogP contribution < -0.4 is 11.3 Å². The molecule has 0 aromatic carbocycles. The van der Waals surface area contributed by atoms with E-state index in [1.54, 1.807) is 12.5 Å².